The Bertz CT molecular complexity index is 107. The van der Waals surface area contributed by atoms with Crippen LogP contribution in [0.1, 0.15) is 22.0 Å². The van der Waals surface area contributed by atoms with Gasteiger partial charge in [-0.3, -0.25) is 0 Å². The van der Waals surface area contributed by atoms with E-state index in [-0.39, 0.29) is 12.1 Å². The maximum atomic E-state index is 7.14. The molecule has 0 radical (unpaired) electrons. The van der Waals surface area contributed by atoms with Gasteiger partial charge in [0.1, 0.15) is 2.82 Å². The lowest BCUT2D eigenvalue weighted by atomic mass is 10.2. The van der Waals surface area contributed by atoms with Crippen molar-refractivity contribution < 1.29 is 5.57 Å². The fourth-order valence-corrected chi connectivity index (χ4v) is 0.348. The molecule has 7 heavy (non-hydrogen) atoms. The van der Waals surface area contributed by atoms with E-state index in [1.54, 1.807) is 0 Å². The summed E-state index contributed by atoms with van der Waals surface area (Å²) >= 11 is 0. The molecule has 0 aliphatic rings. The van der Waals surface area contributed by atoms with Crippen molar-refractivity contribution in [2.24, 2.45) is 11.5 Å². The minimum atomic E-state index is -1.84. The second-order valence-corrected chi connectivity index (χ2v) is 1.40. The summed E-state index contributed by atoms with van der Waals surface area (Å²) in [5.74, 6) is 0. The number of nitrogens with two attached hydrogens (primary N) is 2. The van der Waals surface area contributed by atoms with Crippen LogP contribution in [-0.4, -0.2) is 13.0 Å². The Morgan fingerprint density at radius 1 is 1.43 bits per heavy atom. The van der Waals surface area contributed by atoms with Crippen molar-refractivity contribution in [3.63, 3.8) is 0 Å². The first kappa shape index (κ1) is 2.46. The summed E-state index contributed by atoms with van der Waals surface area (Å²) in [6, 6.07) is 0. The molecule has 0 amide bonds. The molecule has 0 aliphatic heterocycles. The minimum absolute atomic E-state index is 0.101. The summed E-state index contributed by atoms with van der Waals surface area (Å²) in [5, 5.41) is 0. The number of rotatable bonds is 5. The van der Waals surface area contributed by atoms with Crippen LogP contribution >= 0.6 is 0 Å². The maximum absolute atomic E-state index is 7.14. The summed E-state index contributed by atoms with van der Waals surface area (Å²) in [7, 11) is 0. The molecule has 0 aliphatic carbocycles. The average Bonchev–Trinajstić information content (AvgIpc) is 1.88. The Kier molecular flexibility index (Phi) is 2.08. The summed E-state index contributed by atoms with van der Waals surface area (Å²) in [5.41, 5.74) is 5.30. The standard InChI is InChI=1S/C5H14N2/c6-4-2-1-3-5-7/h1-7H2/i4D2/hD2. The van der Waals surface area contributed by atoms with Gasteiger partial charge in [-0.05, 0) is 25.9 Å². The lowest BCUT2D eigenvalue weighted by molar-refractivity contribution is 0.695. The molecule has 0 aromatic heterocycles. The van der Waals surface area contributed by atoms with Gasteiger partial charge < -0.3 is 11.5 Å². The first-order valence-electron chi connectivity index (χ1n) is 4.38. The maximum Gasteiger partial charge on any atom is 0.118 e. The molecule has 0 fully saturated rings. The topological polar surface area (TPSA) is 52.0 Å². The molecule has 0 aromatic carbocycles. The lowest BCUT2D eigenvalue weighted by Gasteiger charge is -1.91. The van der Waals surface area contributed by atoms with E-state index in [4.69, 9.17) is 11.3 Å². The highest BCUT2D eigenvalue weighted by molar-refractivity contribution is 4.41. The van der Waals surface area contributed by atoms with Crippen LogP contribution in [0.15, 0.2) is 0 Å². The minimum Gasteiger partial charge on any atom is -0.330 e. The highest BCUT2D eigenvalue weighted by Crippen LogP contribution is 1.88. The molecule has 2 heteroatoms. The van der Waals surface area contributed by atoms with Gasteiger partial charge in [0.05, 0.1) is 0 Å². The highest BCUT2D eigenvalue weighted by Gasteiger charge is 1.80. The lowest BCUT2D eigenvalue weighted by Crippen LogP contribution is -2.02. The third-order valence-corrected chi connectivity index (χ3v) is 0.743. The fourth-order valence-electron chi connectivity index (χ4n) is 0.348. The van der Waals surface area contributed by atoms with Crippen LogP contribution in [0.2, 0.25) is 2.82 Å². The van der Waals surface area contributed by atoms with Gasteiger partial charge >= 0.3 is 0 Å². The number of hydrogen-bond donors (Lipinski definition) is 2. The molecule has 0 rings (SSSR count). The van der Waals surface area contributed by atoms with Crippen LogP contribution in [0.5, 0.6) is 0 Å². The van der Waals surface area contributed by atoms with Crippen molar-refractivity contribution in [2.45, 2.75) is 19.3 Å². The monoisotopic (exact) mass is 106 g/mol. The van der Waals surface area contributed by atoms with Crippen LogP contribution in [0.4, 0.5) is 0 Å². The molecular weight excluding hydrogens is 88.1 g/mol. The third-order valence-electron chi connectivity index (χ3n) is 0.743. The van der Waals surface area contributed by atoms with E-state index in [0.717, 1.165) is 6.42 Å². The normalized spacial score (nSPS) is 20.3. The largest absolute Gasteiger partial charge is 0.330 e. The van der Waals surface area contributed by atoms with Gasteiger partial charge in [-0.2, -0.15) is 0 Å². The molecule has 0 saturated heterocycles. The zero-order valence-corrected chi connectivity index (χ0v) is 4.35. The fraction of sp³-hybridized carbons (Fsp3) is 1.00. The van der Waals surface area contributed by atoms with Gasteiger partial charge in [-0.15, -0.1) is 0 Å². The van der Waals surface area contributed by atoms with Crippen molar-refractivity contribution >= 4 is 0 Å². The summed E-state index contributed by atoms with van der Waals surface area (Å²) in [6.45, 7) is -1.30. The van der Waals surface area contributed by atoms with Crippen LogP contribution in [0.3, 0.4) is 0 Å². The SMILES string of the molecule is [2H]N([2H])C([2H])([2H])CCCCN. The van der Waals surface area contributed by atoms with Crippen molar-refractivity contribution in [1.29, 1.82) is 0 Å². The molecule has 2 nitrogen and oxygen atoms in total. The Labute approximate surface area is 50.6 Å². The van der Waals surface area contributed by atoms with E-state index in [1.165, 1.54) is 0 Å². The molecule has 44 valence electrons. The van der Waals surface area contributed by atoms with Crippen molar-refractivity contribution in [2.75, 3.05) is 13.0 Å². The Balaban J connectivity index is 3.55. The molecule has 0 heterocycles. The molecule has 0 aromatic rings. The molecule has 4 N–H and O–H groups in total. The molecule has 0 atom stereocenters. The van der Waals surface area contributed by atoms with E-state index < -0.39 is 6.50 Å². The Morgan fingerprint density at radius 3 is 2.86 bits per heavy atom. The van der Waals surface area contributed by atoms with Gasteiger partial charge in [0, 0.05) is 2.74 Å². The predicted octanol–water partition coefficient (Wildman–Crippen LogP) is 0.0741. The predicted molar refractivity (Wildman–Crippen MR) is 32.0 cm³/mol. The van der Waals surface area contributed by atoms with Crippen LogP contribution in [0, 0.1) is 0 Å². The smallest absolute Gasteiger partial charge is 0.118 e. The zero-order chi connectivity index (χ0) is 8.91. The second-order valence-electron chi connectivity index (χ2n) is 1.40. The highest BCUT2D eigenvalue weighted by atomic mass is 14.5. The number of unbranched alkanes of at least 4 members (excludes halogenated alkanes) is 1. The Morgan fingerprint density at radius 2 is 2.29 bits per heavy atom. The molecule has 0 saturated carbocycles. The van der Waals surface area contributed by atoms with E-state index in [0.29, 0.717) is 13.0 Å². The second kappa shape index (κ2) is 5.92. The van der Waals surface area contributed by atoms with Gasteiger partial charge in [-0.1, -0.05) is 6.42 Å². The van der Waals surface area contributed by atoms with E-state index in [9.17, 15) is 0 Å². The van der Waals surface area contributed by atoms with Gasteiger partial charge in [-0.25, -0.2) is 0 Å². The van der Waals surface area contributed by atoms with Crippen molar-refractivity contribution in [3.05, 3.63) is 0 Å². The summed E-state index contributed by atoms with van der Waals surface area (Å²) in [4.78, 5) is 0. The molecule has 0 unspecified atom stereocenters. The number of hydrogen-bond acceptors (Lipinski definition) is 2. The third kappa shape index (κ3) is 5.92. The zero-order valence-electron chi connectivity index (χ0n) is 8.35. The van der Waals surface area contributed by atoms with Crippen molar-refractivity contribution in [1.82, 2.24) is 0 Å². The Hall–Kier alpha value is -0.0800. The van der Waals surface area contributed by atoms with Crippen LogP contribution in [0.25, 0.3) is 0 Å². The molecular formula is C5H14N2. The van der Waals surface area contributed by atoms with E-state index in [2.05, 4.69) is 0 Å². The van der Waals surface area contributed by atoms with E-state index in [1.807, 2.05) is 0 Å². The van der Waals surface area contributed by atoms with Crippen molar-refractivity contribution in [3.8, 4) is 0 Å². The van der Waals surface area contributed by atoms with E-state index >= 15 is 0 Å². The summed E-state index contributed by atoms with van der Waals surface area (Å²) in [6.07, 6.45) is 1.56. The van der Waals surface area contributed by atoms with Crippen LogP contribution in [-0.2, 0) is 0 Å². The first-order chi connectivity index (χ1) is 5.00. The van der Waals surface area contributed by atoms with Gasteiger partial charge in [0.2, 0.25) is 0 Å². The first-order valence-corrected chi connectivity index (χ1v) is 2.49. The quantitative estimate of drug-likeness (QED) is 0.487. The van der Waals surface area contributed by atoms with Gasteiger partial charge in [0.25, 0.3) is 0 Å². The molecule has 0 bridgehead atoms. The summed E-state index contributed by atoms with van der Waals surface area (Å²) < 4.78 is 27.7. The van der Waals surface area contributed by atoms with Crippen LogP contribution < -0.4 is 11.5 Å². The molecule has 0 spiro atoms. The average molecular weight is 106 g/mol. The van der Waals surface area contributed by atoms with Gasteiger partial charge in [0.15, 0.2) is 0 Å².